The van der Waals surface area contributed by atoms with E-state index in [0.717, 1.165) is 25.0 Å². The predicted molar refractivity (Wildman–Crippen MR) is 43.1 cm³/mol. The lowest BCUT2D eigenvalue weighted by Crippen LogP contribution is -2.29. The molecular formula is C8H15NO2. The lowest BCUT2D eigenvalue weighted by molar-refractivity contribution is 0.176. The second kappa shape index (κ2) is 4.36. The fourth-order valence-corrected chi connectivity index (χ4v) is 1.14. The van der Waals surface area contributed by atoms with E-state index in [1.54, 1.807) is 13.4 Å². The molecule has 1 heterocycles. The van der Waals surface area contributed by atoms with E-state index in [-0.39, 0.29) is 6.04 Å². The molecule has 0 aromatic carbocycles. The fraction of sp³-hybridized carbons (Fsp3) is 0.750. The van der Waals surface area contributed by atoms with Crippen LogP contribution in [0.15, 0.2) is 11.8 Å². The predicted octanol–water partition coefficient (Wildman–Crippen LogP) is 0.654. The molecular weight excluding hydrogens is 142 g/mol. The first-order valence-electron chi connectivity index (χ1n) is 3.89. The van der Waals surface area contributed by atoms with E-state index in [0.29, 0.717) is 6.61 Å². The smallest absolute Gasteiger partial charge is 0.0876 e. The Morgan fingerprint density at radius 1 is 1.82 bits per heavy atom. The zero-order valence-corrected chi connectivity index (χ0v) is 6.88. The van der Waals surface area contributed by atoms with Crippen LogP contribution in [0.3, 0.4) is 0 Å². The third kappa shape index (κ3) is 2.52. The van der Waals surface area contributed by atoms with Gasteiger partial charge in [0.2, 0.25) is 0 Å². The van der Waals surface area contributed by atoms with E-state index < -0.39 is 0 Å². The van der Waals surface area contributed by atoms with Gasteiger partial charge in [-0.05, 0) is 18.4 Å². The summed E-state index contributed by atoms with van der Waals surface area (Å²) in [5, 5.41) is 0. The summed E-state index contributed by atoms with van der Waals surface area (Å²) in [4.78, 5) is 0. The van der Waals surface area contributed by atoms with Crippen LogP contribution in [0.25, 0.3) is 0 Å². The molecule has 0 fully saturated rings. The van der Waals surface area contributed by atoms with Crippen molar-refractivity contribution in [1.82, 2.24) is 0 Å². The summed E-state index contributed by atoms with van der Waals surface area (Å²) in [7, 11) is 1.66. The van der Waals surface area contributed by atoms with Crippen molar-refractivity contribution in [1.29, 1.82) is 0 Å². The summed E-state index contributed by atoms with van der Waals surface area (Å²) >= 11 is 0. The van der Waals surface area contributed by atoms with Gasteiger partial charge in [-0.3, -0.25) is 0 Å². The molecule has 0 aromatic heterocycles. The zero-order chi connectivity index (χ0) is 8.10. The van der Waals surface area contributed by atoms with Gasteiger partial charge in [0.25, 0.3) is 0 Å². The molecule has 0 aliphatic carbocycles. The fourth-order valence-electron chi connectivity index (χ4n) is 1.14. The summed E-state index contributed by atoms with van der Waals surface area (Å²) in [5.41, 5.74) is 6.95. The summed E-state index contributed by atoms with van der Waals surface area (Å²) in [6, 6.07) is 0.0142. The first-order chi connectivity index (χ1) is 5.34. The highest BCUT2D eigenvalue weighted by Crippen LogP contribution is 2.14. The molecule has 1 unspecified atom stereocenters. The minimum Gasteiger partial charge on any atom is -0.501 e. The van der Waals surface area contributed by atoms with Crippen LogP contribution in [0.1, 0.15) is 12.8 Å². The Morgan fingerprint density at radius 3 is 3.18 bits per heavy atom. The van der Waals surface area contributed by atoms with Gasteiger partial charge in [0.15, 0.2) is 0 Å². The zero-order valence-electron chi connectivity index (χ0n) is 6.88. The molecule has 1 aliphatic heterocycles. The summed E-state index contributed by atoms with van der Waals surface area (Å²) in [5.74, 6) is 0. The van der Waals surface area contributed by atoms with Gasteiger partial charge in [-0.1, -0.05) is 0 Å². The molecule has 0 aromatic rings. The Labute approximate surface area is 67.2 Å². The van der Waals surface area contributed by atoms with Crippen molar-refractivity contribution in [2.75, 3.05) is 20.3 Å². The van der Waals surface area contributed by atoms with Crippen LogP contribution in [-0.2, 0) is 9.47 Å². The second-order valence-electron chi connectivity index (χ2n) is 2.73. The molecule has 0 radical (unpaired) electrons. The van der Waals surface area contributed by atoms with Gasteiger partial charge in [0.1, 0.15) is 0 Å². The molecule has 11 heavy (non-hydrogen) atoms. The van der Waals surface area contributed by atoms with E-state index in [4.69, 9.17) is 15.2 Å². The maximum absolute atomic E-state index is 5.79. The van der Waals surface area contributed by atoms with E-state index >= 15 is 0 Å². The van der Waals surface area contributed by atoms with Crippen molar-refractivity contribution in [2.45, 2.75) is 18.9 Å². The van der Waals surface area contributed by atoms with Gasteiger partial charge in [0, 0.05) is 7.11 Å². The number of rotatable bonds is 3. The maximum Gasteiger partial charge on any atom is 0.0876 e. The van der Waals surface area contributed by atoms with Crippen LogP contribution < -0.4 is 5.73 Å². The molecule has 0 saturated heterocycles. The van der Waals surface area contributed by atoms with Crippen molar-refractivity contribution >= 4 is 0 Å². The van der Waals surface area contributed by atoms with Crippen LogP contribution in [-0.4, -0.2) is 26.4 Å². The van der Waals surface area contributed by atoms with E-state index in [1.807, 2.05) is 0 Å². The van der Waals surface area contributed by atoms with E-state index in [9.17, 15) is 0 Å². The minimum atomic E-state index is 0.0142. The van der Waals surface area contributed by atoms with Gasteiger partial charge >= 0.3 is 0 Å². The van der Waals surface area contributed by atoms with Crippen molar-refractivity contribution < 1.29 is 9.47 Å². The first-order valence-corrected chi connectivity index (χ1v) is 3.89. The Kier molecular flexibility index (Phi) is 3.39. The van der Waals surface area contributed by atoms with Crippen LogP contribution in [0.5, 0.6) is 0 Å². The van der Waals surface area contributed by atoms with E-state index in [2.05, 4.69) is 0 Å². The SMILES string of the molecule is COCC(N)C1=COCCC1. The average molecular weight is 157 g/mol. The summed E-state index contributed by atoms with van der Waals surface area (Å²) in [6.45, 7) is 1.40. The molecule has 3 nitrogen and oxygen atoms in total. The first kappa shape index (κ1) is 8.56. The highest BCUT2D eigenvalue weighted by Gasteiger charge is 2.11. The van der Waals surface area contributed by atoms with Gasteiger partial charge in [0.05, 0.1) is 25.5 Å². The van der Waals surface area contributed by atoms with Crippen molar-refractivity contribution in [3.8, 4) is 0 Å². The number of nitrogens with two attached hydrogens (primary N) is 1. The van der Waals surface area contributed by atoms with E-state index in [1.165, 1.54) is 0 Å². The number of methoxy groups -OCH3 is 1. The number of hydrogen-bond donors (Lipinski definition) is 1. The Balaban J connectivity index is 2.37. The number of hydrogen-bond acceptors (Lipinski definition) is 3. The lowest BCUT2D eigenvalue weighted by Gasteiger charge is -2.18. The molecule has 0 amide bonds. The van der Waals surface area contributed by atoms with Crippen LogP contribution in [0.4, 0.5) is 0 Å². The lowest BCUT2D eigenvalue weighted by atomic mass is 10.0. The molecule has 0 spiro atoms. The monoisotopic (exact) mass is 157 g/mol. The standard InChI is InChI=1S/C8H15NO2/c1-10-6-8(9)7-3-2-4-11-5-7/h5,8H,2-4,6,9H2,1H3. The van der Waals surface area contributed by atoms with Gasteiger partial charge in [-0.2, -0.15) is 0 Å². The van der Waals surface area contributed by atoms with Crippen molar-refractivity contribution in [3.05, 3.63) is 11.8 Å². The maximum atomic E-state index is 5.79. The second-order valence-corrected chi connectivity index (χ2v) is 2.73. The third-order valence-electron chi connectivity index (χ3n) is 1.78. The van der Waals surface area contributed by atoms with Crippen molar-refractivity contribution in [3.63, 3.8) is 0 Å². The van der Waals surface area contributed by atoms with Crippen molar-refractivity contribution in [2.24, 2.45) is 5.73 Å². The largest absolute Gasteiger partial charge is 0.501 e. The Bertz CT molecular complexity index is 145. The highest BCUT2D eigenvalue weighted by molar-refractivity contribution is 5.08. The molecule has 1 aliphatic rings. The molecule has 2 N–H and O–H groups in total. The molecule has 0 bridgehead atoms. The average Bonchev–Trinajstić information content (AvgIpc) is 2.07. The van der Waals surface area contributed by atoms with Gasteiger partial charge in [-0.25, -0.2) is 0 Å². The van der Waals surface area contributed by atoms with Crippen LogP contribution in [0, 0.1) is 0 Å². The highest BCUT2D eigenvalue weighted by atomic mass is 16.5. The quantitative estimate of drug-likeness (QED) is 0.654. The molecule has 3 heteroatoms. The topological polar surface area (TPSA) is 44.5 Å². The Hall–Kier alpha value is -0.540. The normalized spacial score (nSPS) is 20.4. The molecule has 1 rings (SSSR count). The Morgan fingerprint density at radius 2 is 2.64 bits per heavy atom. The number of ether oxygens (including phenoxy) is 2. The summed E-state index contributed by atoms with van der Waals surface area (Å²) < 4.78 is 10.1. The van der Waals surface area contributed by atoms with Crippen LogP contribution >= 0.6 is 0 Å². The molecule has 0 saturated carbocycles. The van der Waals surface area contributed by atoms with Crippen LogP contribution in [0.2, 0.25) is 0 Å². The molecule has 1 atom stereocenters. The van der Waals surface area contributed by atoms with Gasteiger partial charge < -0.3 is 15.2 Å². The summed E-state index contributed by atoms with van der Waals surface area (Å²) in [6.07, 6.45) is 3.89. The minimum absolute atomic E-state index is 0.0142. The third-order valence-corrected chi connectivity index (χ3v) is 1.78. The van der Waals surface area contributed by atoms with Gasteiger partial charge in [-0.15, -0.1) is 0 Å². The molecule has 64 valence electrons.